The molecule has 3 fully saturated rings. The maximum Gasteiger partial charge on any atom is 0.336 e. The largest absolute Gasteiger partial charge is 0.478 e. The Balaban J connectivity index is 1.26. The van der Waals surface area contributed by atoms with Gasteiger partial charge in [0.1, 0.15) is 0 Å². The number of ether oxygens (including phenoxy) is 1. The second-order valence-corrected chi connectivity index (χ2v) is 12.0. The van der Waals surface area contributed by atoms with Crippen LogP contribution in [0, 0.1) is 5.41 Å². The van der Waals surface area contributed by atoms with Crippen molar-refractivity contribution in [3.05, 3.63) is 63.6 Å². The van der Waals surface area contributed by atoms with Crippen molar-refractivity contribution in [1.29, 1.82) is 0 Å². The van der Waals surface area contributed by atoms with Crippen LogP contribution in [0.25, 0.3) is 0 Å². The lowest BCUT2D eigenvalue weighted by atomic mass is 9.58. The van der Waals surface area contributed by atoms with E-state index in [0.717, 1.165) is 32.0 Å². The number of halogens is 1. The van der Waals surface area contributed by atoms with E-state index in [2.05, 4.69) is 70.8 Å². The molecule has 0 bridgehead atoms. The van der Waals surface area contributed by atoms with E-state index in [1.165, 1.54) is 36.8 Å². The number of carboxylic acids is 1. The fourth-order valence-electron chi connectivity index (χ4n) is 6.86. The van der Waals surface area contributed by atoms with Crippen LogP contribution in [-0.4, -0.2) is 54.4 Å². The monoisotopic (exact) mass is 540 g/mol. The van der Waals surface area contributed by atoms with E-state index in [1.54, 1.807) is 6.07 Å². The van der Waals surface area contributed by atoms with Crippen LogP contribution in [0.1, 0.15) is 79.9 Å². The Labute approximate surface area is 217 Å². The van der Waals surface area contributed by atoms with Gasteiger partial charge in [-0.15, -0.1) is 0 Å². The normalized spacial score (nSPS) is 29.4. The van der Waals surface area contributed by atoms with Crippen LogP contribution in [-0.2, 0) is 4.74 Å². The molecule has 2 unspecified atom stereocenters. The van der Waals surface area contributed by atoms with Gasteiger partial charge in [-0.2, -0.15) is 0 Å². The highest BCUT2D eigenvalue weighted by molar-refractivity contribution is 9.10. The predicted molar refractivity (Wildman–Crippen MR) is 143 cm³/mol. The third kappa shape index (κ3) is 4.77. The van der Waals surface area contributed by atoms with Crippen molar-refractivity contribution in [2.75, 3.05) is 31.2 Å². The van der Waals surface area contributed by atoms with Crippen molar-refractivity contribution in [3.63, 3.8) is 0 Å². The third-order valence-corrected chi connectivity index (χ3v) is 9.27. The molecule has 2 heterocycles. The minimum absolute atomic E-state index is 0.316. The SMILES string of the molecule is CC(C)c1ccccc1C1COCCN1C1CC2(CCN(c3ccc(C(=O)O)c(Br)c3)C(C)C2)C1. The minimum atomic E-state index is -0.896. The molecule has 1 N–H and O–H groups in total. The maximum atomic E-state index is 11.4. The summed E-state index contributed by atoms with van der Waals surface area (Å²) in [6.07, 6.45) is 4.93. The number of aromatic carboxylic acids is 1. The molecule has 1 saturated carbocycles. The van der Waals surface area contributed by atoms with Gasteiger partial charge >= 0.3 is 5.97 Å². The highest BCUT2D eigenvalue weighted by Gasteiger charge is 2.51. The minimum Gasteiger partial charge on any atom is -0.478 e. The zero-order valence-corrected chi connectivity index (χ0v) is 22.6. The third-order valence-electron chi connectivity index (χ3n) is 8.61. The Morgan fingerprint density at radius 3 is 2.60 bits per heavy atom. The lowest BCUT2D eigenvalue weighted by molar-refractivity contribution is -0.0939. The molecule has 0 amide bonds. The molecule has 6 heteroatoms. The summed E-state index contributed by atoms with van der Waals surface area (Å²) in [4.78, 5) is 16.6. The summed E-state index contributed by atoms with van der Waals surface area (Å²) in [6, 6.07) is 16.0. The first-order valence-electron chi connectivity index (χ1n) is 13.0. The van der Waals surface area contributed by atoms with Crippen LogP contribution >= 0.6 is 15.9 Å². The average Bonchev–Trinajstić information content (AvgIpc) is 2.82. The van der Waals surface area contributed by atoms with Gasteiger partial charge in [-0.25, -0.2) is 4.79 Å². The Hall–Kier alpha value is -1.89. The number of benzene rings is 2. The zero-order chi connectivity index (χ0) is 24.7. The number of morpholine rings is 1. The lowest BCUT2D eigenvalue weighted by Crippen LogP contribution is -2.59. The van der Waals surface area contributed by atoms with Crippen LogP contribution in [0.5, 0.6) is 0 Å². The zero-order valence-electron chi connectivity index (χ0n) is 21.0. The van der Waals surface area contributed by atoms with Gasteiger partial charge in [-0.05, 0) is 89.2 Å². The number of hydrogen-bond acceptors (Lipinski definition) is 4. The maximum absolute atomic E-state index is 11.4. The molecular weight excluding hydrogens is 504 g/mol. The number of carboxylic acid groups (broad SMARTS) is 1. The lowest BCUT2D eigenvalue weighted by Gasteiger charge is -2.59. The number of piperidine rings is 1. The van der Waals surface area contributed by atoms with Gasteiger partial charge in [0, 0.05) is 35.3 Å². The Morgan fingerprint density at radius 1 is 1.14 bits per heavy atom. The van der Waals surface area contributed by atoms with Gasteiger partial charge < -0.3 is 14.7 Å². The van der Waals surface area contributed by atoms with Crippen molar-refractivity contribution < 1.29 is 14.6 Å². The van der Waals surface area contributed by atoms with Crippen molar-refractivity contribution in [2.45, 2.75) is 70.5 Å². The van der Waals surface area contributed by atoms with E-state index in [9.17, 15) is 9.90 Å². The first-order valence-corrected chi connectivity index (χ1v) is 13.8. The smallest absolute Gasteiger partial charge is 0.336 e. The summed E-state index contributed by atoms with van der Waals surface area (Å²) in [5, 5.41) is 9.34. The summed E-state index contributed by atoms with van der Waals surface area (Å²) in [6.45, 7) is 10.6. The van der Waals surface area contributed by atoms with Gasteiger partial charge in [0.15, 0.2) is 0 Å². The first-order chi connectivity index (χ1) is 16.8. The quantitative estimate of drug-likeness (QED) is 0.470. The Bertz CT molecular complexity index is 1080. The molecule has 2 saturated heterocycles. The standard InChI is InChI=1S/C29H37BrN2O3/c1-19(2)23-6-4-5-7-24(23)27-18-35-13-12-32(27)22-16-29(17-22)10-11-31(20(3)15-29)21-8-9-25(28(33)34)26(30)14-21/h4-9,14,19-20,22,27H,10-13,15-18H2,1-3H3,(H,33,34). The van der Waals surface area contributed by atoms with Gasteiger partial charge in [0.2, 0.25) is 0 Å². The predicted octanol–water partition coefficient (Wildman–Crippen LogP) is 6.48. The van der Waals surface area contributed by atoms with Gasteiger partial charge in [0.05, 0.1) is 24.8 Å². The van der Waals surface area contributed by atoms with Crippen LogP contribution in [0.4, 0.5) is 5.69 Å². The highest BCUT2D eigenvalue weighted by atomic mass is 79.9. The molecule has 2 aliphatic heterocycles. The molecule has 0 aromatic heterocycles. The van der Waals surface area contributed by atoms with Crippen LogP contribution in [0.2, 0.25) is 0 Å². The van der Waals surface area contributed by atoms with Crippen molar-refractivity contribution in [3.8, 4) is 0 Å². The summed E-state index contributed by atoms with van der Waals surface area (Å²) in [7, 11) is 0. The summed E-state index contributed by atoms with van der Waals surface area (Å²) < 4.78 is 6.63. The van der Waals surface area contributed by atoms with Crippen LogP contribution < -0.4 is 4.90 Å². The van der Waals surface area contributed by atoms with Gasteiger partial charge in [0.25, 0.3) is 0 Å². The van der Waals surface area contributed by atoms with Crippen LogP contribution in [0.15, 0.2) is 46.9 Å². The summed E-state index contributed by atoms with van der Waals surface area (Å²) >= 11 is 3.45. The molecule has 1 aliphatic carbocycles. The number of hydrogen-bond donors (Lipinski definition) is 1. The number of rotatable bonds is 5. The van der Waals surface area contributed by atoms with Gasteiger partial charge in [-0.1, -0.05) is 38.1 Å². The fraction of sp³-hybridized carbons (Fsp3) is 0.552. The summed E-state index contributed by atoms with van der Waals surface area (Å²) in [5.74, 6) is -0.385. The van der Waals surface area contributed by atoms with E-state index in [0.29, 0.717) is 39.5 Å². The molecule has 3 aliphatic rings. The van der Waals surface area contributed by atoms with Crippen molar-refractivity contribution in [1.82, 2.24) is 4.90 Å². The average molecular weight is 542 g/mol. The molecule has 0 radical (unpaired) electrons. The number of anilines is 1. The number of nitrogens with zero attached hydrogens (tertiary/aromatic N) is 2. The van der Waals surface area contributed by atoms with Crippen molar-refractivity contribution >= 4 is 27.6 Å². The molecule has 35 heavy (non-hydrogen) atoms. The summed E-state index contributed by atoms with van der Waals surface area (Å²) in [5.41, 5.74) is 4.75. The Kier molecular flexibility index (Phi) is 6.99. The molecular formula is C29H37BrN2O3. The second kappa shape index (κ2) is 9.87. The molecule has 2 aromatic rings. The van der Waals surface area contributed by atoms with E-state index >= 15 is 0 Å². The molecule has 2 atom stereocenters. The second-order valence-electron chi connectivity index (χ2n) is 11.1. The molecule has 1 spiro atoms. The number of carbonyl (C=O) groups is 1. The topological polar surface area (TPSA) is 53.0 Å². The van der Waals surface area contributed by atoms with E-state index in [1.807, 2.05) is 12.1 Å². The van der Waals surface area contributed by atoms with Crippen molar-refractivity contribution in [2.24, 2.45) is 5.41 Å². The van der Waals surface area contributed by atoms with E-state index in [4.69, 9.17) is 4.74 Å². The van der Waals surface area contributed by atoms with E-state index in [-0.39, 0.29) is 0 Å². The molecule has 5 rings (SSSR count). The fourth-order valence-corrected chi connectivity index (χ4v) is 7.40. The Morgan fingerprint density at radius 2 is 1.91 bits per heavy atom. The molecule has 2 aromatic carbocycles. The van der Waals surface area contributed by atoms with Gasteiger partial charge in [-0.3, -0.25) is 4.90 Å². The van der Waals surface area contributed by atoms with Crippen LogP contribution in [0.3, 0.4) is 0 Å². The van der Waals surface area contributed by atoms with E-state index < -0.39 is 5.97 Å². The molecule has 5 nitrogen and oxygen atoms in total. The first kappa shape index (κ1) is 24.8. The highest BCUT2D eigenvalue weighted by Crippen LogP contribution is 2.54. The molecule has 188 valence electrons.